The molecule has 2 heterocycles. The molecule has 0 saturated carbocycles. The molecular formula is C16H17FN2O4S2. The van der Waals surface area contributed by atoms with Crippen LogP contribution in [0.15, 0.2) is 46.7 Å². The lowest BCUT2D eigenvalue weighted by Gasteiger charge is -2.26. The lowest BCUT2D eigenvalue weighted by molar-refractivity contribution is -0.131. The Bertz CT molecular complexity index is 782. The Balaban J connectivity index is 1.80. The Morgan fingerprint density at radius 2 is 2.00 bits per heavy atom. The summed E-state index contributed by atoms with van der Waals surface area (Å²) in [6.07, 6.45) is -0.998. The molecule has 2 atom stereocenters. The molecule has 0 spiro atoms. The lowest BCUT2D eigenvalue weighted by Crippen LogP contribution is -2.42. The SMILES string of the molecule is O=C1CN([S+](=O)([O-])c2ccc(F)cc2)CC(O)CN1Cc1cccs1. The zero-order valence-electron chi connectivity index (χ0n) is 13.2. The Morgan fingerprint density at radius 3 is 2.64 bits per heavy atom. The number of rotatable bonds is 4. The molecule has 2 aromatic rings. The van der Waals surface area contributed by atoms with Crippen molar-refractivity contribution in [3.63, 3.8) is 0 Å². The van der Waals surface area contributed by atoms with Crippen LogP contribution in [-0.2, 0) is 25.9 Å². The van der Waals surface area contributed by atoms with Crippen LogP contribution in [0.4, 0.5) is 4.39 Å². The number of carbonyl (C=O) groups is 1. The van der Waals surface area contributed by atoms with E-state index in [0.29, 0.717) is 6.54 Å². The van der Waals surface area contributed by atoms with Crippen molar-refractivity contribution >= 4 is 27.6 Å². The third kappa shape index (κ3) is 4.13. The van der Waals surface area contributed by atoms with Crippen molar-refractivity contribution in [2.75, 3.05) is 19.6 Å². The number of thiophene rings is 1. The molecule has 6 nitrogen and oxygen atoms in total. The first-order valence-corrected chi connectivity index (χ1v) is 9.92. The predicted octanol–water partition coefficient (Wildman–Crippen LogP) is 1.50. The summed E-state index contributed by atoms with van der Waals surface area (Å²) >= 11 is 1.49. The number of benzene rings is 1. The number of nitrogens with zero attached hydrogens (tertiary/aromatic N) is 2. The van der Waals surface area contributed by atoms with Crippen LogP contribution in [0.2, 0.25) is 0 Å². The van der Waals surface area contributed by atoms with Crippen LogP contribution in [0.1, 0.15) is 4.88 Å². The van der Waals surface area contributed by atoms with Gasteiger partial charge in [-0.15, -0.1) is 15.6 Å². The van der Waals surface area contributed by atoms with Crippen LogP contribution in [0.5, 0.6) is 0 Å². The maximum Gasteiger partial charge on any atom is 0.241 e. The summed E-state index contributed by atoms with van der Waals surface area (Å²) in [7, 11) is -3.99. The second-order valence-electron chi connectivity index (χ2n) is 5.76. The topological polar surface area (TPSA) is 83.9 Å². The van der Waals surface area contributed by atoms with Gasteiger partial charge in [-0.05, 0) is 35.7 Å². The van der Waals surface area contributed by atoms with Gasteiger partial charge in [-0.25, -0.2) is 4.39 Å². The molecule has 0 aliphatic carbocycles. The number of halogens is 1. The number of carbonyl (C=O) groups excluding carboxylic acids is 1. The molecular weight excluding hydrogens is 367 g/mol. The van der Waals surface area contributed by atoms with Crippen molar-refractivity contribution in [1.82, 2.24) is 9.21 Å². The van der Waals surface area contributed by atoms with Gasteiger partial charge in [-0.3, -0.25) is 4.79 Å². The van der Waals surface area contributed by atoms with Gasteiger partial charge in [0.2, 0.25) is 5.91 Å². The Morgan fingerprint density at radius 1 is 1.28 bits per heavy atom. The summed E-state index contributed by atoms with van der Waals surface area (Å²) in [6.45, 7) is -0.154. The molecule has 2 unspecified atom stereocenters. The van der Waals surface area contributed by atoms with Gasteiger partial charge >= 0.3 is 0 Å². The second kappa shape index (κ2) is 7.30. The molecule has 134 valence electrons. The summed E-state index contributed by atoms with van der Waals surface area (Å²) in [5, 5.41) is 12.1. The van der Waals surface area contributed by atoms with E-state index in [1.54, 1.807) is 0 Å². The van der Waals surface area contributed by atoms with Crippen molar-refractivity contribution < 1.29 is 23.1 Å². The summed E-state index contributed by atoms with van der Waals surface area (Å²) in [6, 6.07) is 8.13. The van der Waals surface area contributed by atoms with Crippen molar-refractivity contribution in [3.8, 4) is 0 Å². The molecule has 1 fully saturated rings. The van der Waals surface area contributed by atoms with Gasteiger partial charge in [0.15, 0.2) is 15.3 Å². The Kier molecular flexibility index (Phi) is 5.30. The van der Waals surface area contributed by atoms with Gasteiger partial charge in [0, 0.05) is 11.4 Å². The normalized spacial score (nSPS) is 21.8. The minimum atomic E-state index is -3.99. The van der Waals surface area contributed by atoms with E-state index in [-0.39, 0.29) is 30.4 Å². The maximum atomic E-state index is 13.0. The number of sulfonamides is 1. The molecule has 1 saturated heterocycles. The first-order chi connectivity index (χ1) is 11.9. The van der Waals surface area contributed by atoms with Gasteiger partial charge in [-0.2, -0.15) is 0 Å². The molecule has 9 heteroatoms. The fourth-order valence-electron chi connectivity index (χ4n) is 2.65. The number of aliphatic hydroxyl groups excluding tert-OH is 1. The zero-order chi connectivity index (χ0) is 18.0. The molecule has 1 amide bonds. The second-order valence-corrected chi connectivity index (χ2v) is 8.73. The van der Waals surface area contributed by atoms with Gasteiger partial charge in [0.1, 0.15) is 12.4 Å². The smallest absolute Gasteiger partial charge is 0.241 e. The lowest BCUT2D eigenvalue weighted by atomic mass is 10.3. The summed E-state index contributed by atoms with van der Waals surface area (Å²) in [5.74, 6) is -0.927. The molecule has 1 aromatic heterocycles. The van der Waals surface area contributed by atoms with Crippen LogP contribution in [0, 0.1) is 5.82 Å². The third-order valence-electron chi connectivity index (χ3n) is 3.89. The molecule has 1 N–H and O–H groups in total. The minimum absolute atomic E-state index is 0.0617. The molecule has 1 aromatic carbocycles. The first-order valence-electron chi connectivity index (χ1n) is 7.60. The fourth-order valence-corrected chi connectivity index (χ4v) is 4.79. The van der Waals surface area contributed by atoms with Crippen LogP contribution < -0.4 is 0 Å². The molecule has 1 aliphatic rings. The van der Waals surface area contributed by atoms with E-state index >= 15 is 0 Å². The number of β-amino-alcohol motifs (C(OH)–C–C–N with tert-alkyl or cyclic N) is 1. The van der Waals surface area contributed by atoms with Crippen molar-refractivity contribution in [1.29, 1.82) is 0 Å². The van der Waals surface area contributed by atoms with E-state index in [1.165, 1.54) is 16.2 Å². The maximum absolute atomic E-state index is 13.0. The standard InChI is InChI=1S/C16H17FN2O4S2/c17-12-3-5-15(6-4-12)25(22,23)19-9-13(20)8-18(16(21)11-19)10-14-2-1-7-24-14/h1-7,13,20H,8-11H2. The fraction of sp³-hybridized carbons (Fsp3) is 0.312. The van der Waals surface area contributed by atoms with E-state index in [2.05, 4.69) is 0 Å². The molecule has 0 bridgehead atoms. The molecule has 25 heavy (non-hydrogen) atoms. The number of hydrogen-bond acceptors (Lipinski definition) is 5. The Hall–Kier alpha value is -1.65. The Labute approximate surface area is 149 Å². The van der Waals surface area contributed by atoms with Gasteiger partial charge in [0.05, 0.1) is 19.2 Å². The molecule has 3 rings (SSSR count). The number of hydrogen-bond donors (Lipinski definition) is 1. The van der Waals surface area contributed by atoms with Crippen LogP contribution in [-0.4, -0.2) is 50.5 Å². The van der Waals surface area contributed by atoms with Crippen LogP contribution in [0.3, 0.4) is 0 Å². The number of aliphatic hydroxyl groups is 1. The van der Waals surface area contributed by atoms with Crippen molar-refractivity contribution in [2.24, 2.45) is 0 Å². The third-order valence-corrected chi connectivity index (χ3v) is 6.58. The average Bonchev–Trinajstić information content (AvgIpc) is 3.01. The van der Waals surface area contributed by atoms with E-state index < -0.39 is 22.3 Å². The summed E-state index contributed by atoms with van der Waals surface area (Å²) in [4.78, 5) is 14.8. The average molecular weight is 384 g/mol. The minimum Gasteiger partial charge on any atom is -0.593 e. The van der Waals surface area contributed by atoms with E-state index in [0.717, 1.165) is 33.4 Å². The van der Waals surface area contributed by atoms with E-state index in [1.807, 2.05) is 17.5 Å². The molecule has 0 radical (unpaired) electrons. The summed E-state index contributed by atoms with van der Waals surface area (Å²) in [5.41, 5.74) is 0. The highest BCUT2D eigenvalue weighted by molar-refractivity contribution is 7.95. The monoisotopic (exact) mass is 384 g/mol. The van der Waals surface area contributed by atoms with Crippen molar-refractivity contribution in [2.45, 2.75) is 17.5 Å². The zero-order valence-corrected chi connectivity index (χ0v) is 14.8. The predicted molar refractivity (Wildman–Crippen MR) is 90.8 cm³/mol. The van der Waals surface area contributed by atoms with Gasteiger partial charge in [0.25, 0.3) is 0 Å². The largest absolute Gasteiger partial charge is 0.593 e. The van der Waals surface area contributed by atoms with Crippen LogP contribution in [0.25, 0.3) is 0 Å². The highest BCUT2D eigenvalue weighted by Crippen LogP contribution is 2.24. The molecule has 1 aliphatic heterocycles. The highest BCUT2D eigenvalue weighted by atomic mass is 32.3. The first kappa shape index (κ1) is 18.2. The quantitative estimate of drug-likeness (QED) is 0.810. The summed E-state index contributed by atoms with van der Waals surface area (Å²) < 4.78 is 39.4. The number of amides is 1. The van der Waals surface area contributed by atoms with Crippen molar-refractivity contribution in [3.05, 3.63) is 52.5 Å². The van der Waals surface area contributed by atoms with Gasteiger partial charge in [-0.1, -0.05) is 10.3 Å². The van der Waals surface area contributed by atoms with Crippen LogP contribution >= 0.6 is 11.3 Å². The van der Waals surface area contributed by atoms with E-state index in [4.69, 9.17) is 0 Å². The highest BCUT2D eigenvalue weighted by Gasteiger charge is 2.38. The van der Waals surface area contributed by atoms with Gasteiger partial charge < -0.3 is 14.6 Å². The van der Waals surface area contributed by atoms with E-state index in [9.17, 15) is 23.1 Å².